The molecule has 41 heavy (non-hydrogen) atoms. The van der Waals surface area contributed by atoms with Gasteiger partial charge in [-0.05, 0) is 24.0 Å². The van der Waals surface area contributed by atoms with E-state index in [1.54, 1.807) is 12.1 Å². The molecule has 2 fully saturated rings. The number of alkyl halides is 3. The normalized spacial score (nSPS) is 25.0. The van der Waals surface area contributed by atoms with Gasteiger partial charge in [0.25, 0.3) is 0 Å². The number of rotatable bonds is 5. The molecule has 5 heteroatoms. The Morgan fingerprint density at radius 2 is 0.854 bits per heavy atom. The highest BCUT2D eigenvalue weighted by atomic mass is 19.4. The van der Waals surface area contributed by atoms with Crippen LogP contribution in [0.3, 0.4) is 0 Å². The average molecular weight is 577 g/mol. The predicted molar refractivity (Wildman–Crippen MR) is 170 cm³/mol. The predicted octanol–water partition coefficient (Wildman–Crippen LogP) is 12.3. The van der Waals surface area contributed by atoms with E-state index in [-0.39, 0.29) is 5.75 Å². The highest BCUT2D eigenvalue weighted by Gasteiger charge is 2.31. The number of hydrogen-bond acceptors (Lipinski definition) is 1. The molecular weight excluding hydrogens is 516 g/mol. The van der Waals surface area contributed by atoms with Crippen molar-refractivity contribution in [1.82, 2.24) is 0 Å². The zero-order valence-corrected chi connectivity index (χ0v) is 26.2. The maximum absolute atomic E-state index is 12.5. The molecule has 1 aromatic rings. The monoisotopic (exact) mass is 576 g/mol. The fraction of sp³-hybridized carbons (Fsp3) is 0.833. The first kappa shape index (κ1) is 34.4. The van der Waals surface area contributed by atoms with Crippen molar-refractivity contribution in [2.45, 2.75) is 179 Å². The molecule has 0 saturated heterocycles. The van der Waals surface area contributed by atoms with Crippen LogP contribution >= 0.6 is 0 Å². The van der Waals surface area contributed by atoms with Crippen LogP contribution < -0.4 is 4.74 Å². The van der Waals surface area contributed by atoms with E-state index in [1.807, 2.05) is 0 Å². The van der Waals surface area contributed by atoms with Crippen molar-refractivity contribution in [3.05, 3.63) is 29.8 Å². The van der Waals surface area contributed by atoms with Gasteiger partial charge >= 0.3 is 6.36 Å². The fourth-order valence-corrected chi connectivity index (χ4v) is 7.68. The second kappa shape index (κ2) is 20.7. The van der Waals surface area contributed by atoms with Crippen LogP contribution in [-0.2, 0) is 6.32 Å². The van der Waals surface area contributed by atoms with E-state index in [2.05, 4.69) is 4.74 Å². The number of ether oxygens (including phenoxy) is 1. The summed E-state index contributed by atoms with van der Waals surface area (Å²) in [6.07, 6.45) is 31.9. The molecule has 2 aliphatic carbocycles. The van der Waals surface area contributed by atoms with Gasteiger partial charge in [-0.25, -0.2) is 0 Å². The molecule has 0 amide bonds. The number of benzene rings is 1. The minimum absolute atomic E-state index is 0.126. The third-order valence-corrected chi connectivity index (χ3v) is 10.2. The lowest BCUT2D eigenvalue weighted by Crippen LogP contribution is -2.17. The van der Waals surface area contributed by atoms with Crippen molar-refractivity contribution >= 4 is 7.28 Å². The average Bonchev–Trinajstić information content (AvgIpc) is 2.95. The van der Waals surface area contributed by atoms with Crippen LogP contribution in [-0.4, -0.2) is 13.6 Å². The van der Waals surface area contributed by atoms with Crippen molar-refractivity contribution in [3.63, 3.8) is 0 Å². The topological polar surface area (TPSA) is 9.23 Å². The molecule has 2 atom stereocenters. The van der Waals surface area contributed by atoms with Crippen molar-refractivity contribution in [2.75, 3.05) is 0 Å². The van der Waals surface area contributed by atoms with Gasteiger partial charge in [-0.1, -0.05) is 190 Å². The third kappa shape index (κ3) is 16.3. The van der Waals surface area contributed by atoms with Gasteiger partial charge in [0.1, 0.15) is 13.0 Å². The maximum atomic E-state index is 12.5. The Balaban J connectivity index is 1.44. The van der Waals surface area contributed by atoms with E-state index in [0.717, 1.165) is 36.8 Å². The summed E-state index contributed by atoms with van der Waals surface area (Å²) in [5.74, 6) is 2.53. The van der Waals surface area contributed by atoms with Crippen LogP contribution in [0.15, 0.2) is 24.3 Å². The number of hydrogen-bond donors (Lipinski definition) is 0. The van der Waals surface area contributed by atoms with E-state index >= 15 is 0 Å². The first-order valence-electron chi connectivity index (χ1n) is 17.8. The minimum Gasteiger partial charge on any atom is -0.406 e. The Bertz CT molecular complexity index is 749. The van der Waals surface area contributed by atoms with Crippen molar-refractivity contribution in [2.24, 2.45) is 11.8 Å². The lowest BCUT2D eigenvalue weighted by molar-refractivity contribution is -0.274. The first-order chi connectivity index (χ1) is 20.0. The fourth-order valence-electron chi connectivity index (χ4n) is 7.68. The molecule has 0 N–H and O–H groups in total. The van der Waals surface area contributed by atoms with Gasteiger partial charge in [-0.2, -0.15) is 0 Å². The quantitative estimate of drug-likeness (QED) is 0.317. The molecule has 234 valence electrons. The Labute approximate surface area is 251 Å². The Hall–Kier alpha value is -1.13. The molecular formula is C36H60BF3O. The van der Waals surface area contributed by atoms with Crippen LogP contribution in [0.25, 0.3) is 0 Å². The molecule has 0 spiro atoms. The molecule has 0 heterocycles. The summed E-state index contributed by atoms with van der Waals surface area (Å²) in [6.45, 7) is 0. The summed E-state index contributed by atoms with van der Waals surface area (Å²) in [5.41, 5.74) is 1.11. The second-order valence-corrected chi connectivity index (χ2v) is 13.6. The van der Waals surface area contributed by atoms with Gasteiger partial charge in [-0.15, -0.1) is 13.2 Å². The molecule has 2 aliphatic rings. The van der Waals surface area contributed by atoms with E-state index in [9.17, 15) is 13.2 Å². The van der Waals surface area contributed by atoms with Gasteiger partial charge in [-0.3, -0.25) is 0 Å². The lowest BCUT2D eigenvalue weighted by atomic mass is 9.57. The second-order valence-electron chi connectivity index (χ2n) is 13.6. The Kier molecular flexibility index (Phi) is 17.4. The largest absolute Gasteiger partial charge is 0.573 e. The van der Waals surface area contributed by atoms with E-state index < -0.39 is 6.36 Å². The summed E-state index contributed by atoms with van der Waals surface area (Å²) in [4.78, 5) is 0. The zero-order chi connectivity index (χ0) is 29.0. The van der Waals surface area contributed by atoms with Crippen LogP contribution in [0.2, 0.25) is 5.82 Å². The van der Waals surface area contributed by atoms with Crippen LogP contribution in [0.4, 0.5) is 13.2 Å². The van der Waals surface area contributed by atoms with E-state index in [1.165, 1.54) is 173 Å². The van der Waals surface area contributed by atoms with Gasteiger partial charge in [0.2, 0.25) is 0 Å². The smallest absolute Gasteiger partial charge is 0.406 e. The van der Waals surface area contributed by atoms with E-state index in [4.69, 9.17) is 0 Å². The molecule has 2 saturated carbocycles. The van der Waals surface area contributed by atoms with Crippen molar-refractivity contribution in [1.29, 1.82) is 0 Å². The molecule has 0 aliphatic heterocycles. The number of halogens is 3. The summed E-state index contributed by atoms with van der Waals surface area (Å²) in [7, 11) is 1.14. The molecule has 3 rings (SSSR count). The molecule has 1 nitrogen and oxygen atoms in total. The van der Waals surface area contributed by atoms with E-state index in [0.29, 0.717) is 0 Å². The summed E-state index contributed by atoms with van der Waals surface area (Å²) < 4.78 is 41.4. The Morgan fingerprint density at radius 3 is 1.24 bits per heavy atom. The standard InChI is InChI=1S/C36H60BF3O/c38-36(39,40)41-35-28-26-31(27-29-35)30-37-34-24-18-12-11-16-22-33(23-17-13-19-25-34)32-20-14-9-7-5-3-1-2-4-6-8-10-15-21-32/h26-29,32-34,37H,1-25,30H2. The van der Waals surface area contributed by atoms with Crippen LogP contribution in [0, 0.1) is 11.8 Å². The third-order valence-electron chi connectivity index (χ3n) is 10.2. The Morgan fingerprint density at radius 1 is 0.512 bits per heavy atom. The zero-order valence-electron chi connectivity index (χ0n) is 26.2. The van der Waals surface area contributed by atoms with Crippen molar-refractivity contribution in [3.8, 4) is 5.75 Å². The highest BCUT2D eigenvalue weighted by Crippen LogP contribution is 2.35. The van der Waals surface area contributed by atoms with Gasteiger partial charge in [0.15, 0.2) is 0 Å². The molecule has 0 radical (unpaired) electrons. The van der Waals surface area contributed by atoms with Gasteiger partial charge in [0.05, 0.1) is 0 Å². The first-order valence-corrected chi connectivity index (χ1v) is 17.8. The van der Waals surface area contributed by atoms with Crippen LogP contribution in [0.1, 0.15) is 166 Å². The highest BCUT2D eigenvalue weighted by molar-refractivity contribution is 6.37. The lowest BCUT2D eigenvalue weighted by Gasteiger charge is -2.28. The van der Waals surface area contributed by atoms with Gasteiger partial charge in [0, 0.05) is 0 Å². The SMILES string of the molecule is FC(F)(F)Oc1ccc(CBC2CCCCCCC(C3CCCCCCCCCCCCCC3)CCCCC2)cc1. The summed E-state index contributed by atoms with van der Waals surface area (Å²) in [5, 5.41) is 0. The van der Waals surface area contributed by atoms with Crippen molar-refractivity contribution < 1.29 is 17.9 Å². The maximum Gasteiger partial charge on any atom is 0.573 e. The summed E-state index contributed by atoms with van der Waals surface area (Å²) in [6, 6.07) is 6.51. The molecule has 0 aromatic heterocycles. The molecule has 1 aromatic carbocycles. The summed E-state index contributed by atoms with van der Waals surface area (Å²) >= 11 is 0. The van der Waals surface area contributed by atoms with Gasteiger partial charge < -0.3 is 4.74 Å². The molecule has 2 unspecified atom stereocenters. The molecule has 0 bridgehead atoms. The minimum atomic E-state index is -4.63. The van der Waals surface area contributed by atoms with Crippen LogP contribution in [0.5, 0.6) is 5.75 Å².